The van der Waals surface area contributed by atoms with Crippen LogP contribution in [0.4, 0.5) is 0 Å². The summed E-state index contributed by atoms with van der Waals surface area (Å²) in [6, 6.07) is 2.07. The molecule has 0 fully saturated rings. The molecule has 0 atom stereocenters. The molecule has 1 aliphatic carbocycles. The summed E-state index contributed by atoms with van der Waals surface area (Å²) in [5.41, 5.74) is 4.91. The molecule has 0 saturated heterocycles. The number of aryl methyl sites for hydroxylation is 1. The highest BCUT2D eigenvalue weighted by Crippen LogP contribution is 2.36. The number of esters is 1. The first-order valence-electron chi connectivity index (χ1n) is 6.51. The summed E-state index contributed by atoms with van der Waals surface area (Å²) in [6.45, 7) is 4.35. The van der Waals surface area contributed by atoms with Crippen molar-refractivity contribution in [3.05, 3.63) is 28.3 Å². The van der Waals surface area contributed by atoms with Gasteiger partial charge in [0.15, 0.2) is 0 Å². The van der Waals surface area contributed by atoms with E-state index in [1.807, 2.05) is 6.92 Å². The number of fused-ring (bicyclic) bond motifs is 1. The van der Waals surface area contributed by atoms with Gasteiger partial charge in [-0.2, -0.15) is 0 Å². The normalized spacial score (nSPS) is 13.3. The minimum absolute atomic E-state index is 0.187. The first kappa shape index (κ1) is 12.9. The number of hydrogen-bond acceptors (Lipinski definition) is 3. The molecule has 0 saturated carbocycles. The maximum Gasteiger partial charge on any atom is 0.310 e. The highest BCUT2D eigenvalue weighted by atomic mass is 16.5. The summed E-state index contributed by atoms with van der Waals surface area (Å²) in [5.74, 6) is 0.703. The van der Waals surface area contributed by atoms with Gasteiger partial charge < -0.3 is 9.47 Å². The molecule has 0 aromatic heterocycles. The maximum atomic E-state index is 11.6. The van der Waals surface area contributed by atoms with Crippen LogP contribution < -0.4 is 4.74 Å². The third-order valence-corrected chi connectivity index (χ3v) is 3.49. The molecule has 3 heteroatoms. The van der Waals surface area contributed by atoms with Gasteiger partial charge >= 0.3 is 5.97 Å². The number of carbonyl (C=O) groups excluding carboxylic acids is 1. The standard InChI is InChI=1S/C15H20O3/c1-4-18-14(16)9-11-8-10(2)12-6-5-7-13(12)15(11)17-3/h8H,4-7,9H2,1-3H3. The fourth-order valence-electron chi connectivity index (χ4n) is 2.79. The Hall–Kier alpha value is -1.51. The minimum atomic E-state index is -0.187. The number of methoxy groups -OCH3 is 1. The Kier molecular flexibility index (Phi) is 3.90. The largest absolute Gasteiger partial charge is 0.496 e. The fourth-order valence-corrected chi connectivity index (χ4v) is 2.79. The molecule has 0 amide bonds. The smallest absolute Gasteiger partial charge is 0.310 e. The van der Waals surface area contributed by atoms with Crippen LogP contribution >= 0.6 is 0 Å². The molecule has 0 aliphatic heterocycles. The Balaban J connectivity index is 2.35. The first-order valence-corrected chi connectivity index (χ1v) is 6.51. The van der Waals surface area contributed by atoms with Crippen molar-refractivity contribution >= 4 is 5.97 Å². The van der Waals surface area contributed by atoms with Crippen LogP contribution in [0.1, 0.15) is 35.6 Å². The van der Waals surface area contributed by atoms with E-state index in [1.54, 1.807) is 7.11 Å². The third-order valence-electron chi connectivity index (χ3n) is 3.49. The van der Waals surface area contributed by atoms with E-state index in [9.17, 15) is 4.79 Å². The van der Waals surface area contributed by atoms with Gasteiger partial charge in [0.1, 0.15) is 5.75 Å². The lowest BCUT2D eigenvalue weighted by molar-refractivity contribution is -0.142. The Morgan fingerprint density at radius 2 is 2.06 bits per heavy atom. The third kappa shape index (κ3) is 2.35. The molecule has 0 spiro atoms. The molecule has 3 nitrogen and oxygen atoms in total. The lowest BCUT2D eigenvalue weighted by Gasteiger charge is -2.15. The van der Waals surface area contributed by atoms with E-state index >= 15 is 0 Å². The van der Waals surface area contributed by atoms with Gasteiger partial charge in [0.2, 0.25) is 0 Å². The van der Waals surface area contributed by atoms with Crippen molar-refractivity contribution in [1.82, 2.24) is 0 Å². The highest BCUT2D eigenvalue weighted by Gasteiger charge is 2.22. The van der Waals surface area contributed by atoms with Gasteiger partial charge in [-0.05, 0) is 49.8 Å². The molecule has 1 aromatic rings. The predicted molar refractivity (Wildman–Crippen MR) is 70.1 cm³/mol. The van der Waals surface area contributed by atoms with E-state index in [0.29, 0.717) is 13.0 Å². The predicted octanol–water partition coefficient (Wildman–Crippen LogP) is 2.60. The Morgan fingerprint density at radius 3 is 2.72 bits per heavy atom. The zero-order valence-electron chi connectivity index (χ0n) is 11.3. The van der Waals surface area contributed by atoms with Crippen LogP contribution in [0.3, 0.4) is 0 Å². The second-order valence-electron chi connectivity index (χ2n) is 4.68. The molecule has 1 aliphatic rings. The molecular formula is C15H20O3. The summed E-state index contributed by atoms with van der Waals surface area (Å²) < 4.78 is 10.5. The van der Waals surface area contributed by atoms with Gasteiger partial charge in [-0.3, -0.25) is 4.79 Å². The van der Waals surface area contributed by atoms with E-state index in [2.05, 4.69) is 13.0 Å². The minimum Gasteiger partial charge on any atom is -0.496 e. The van der Waals surface area contributed by atoms with Crippen LogP contribution in [0.5, 0.6) is 5.75 Å². The van der Waals surface area contributed by atoms with E-state index < -0.39 is 0 Å². The molecule has 0 N–H and O–H groups in total. The summed E-state index contributed by atoms with van der Waals surface area (Å²) in [4.78, 5) is 11.6. The zero-order valence-corrected chi connectivity index (χ0v) is 11.3. The van der Waals surface area contributed by atoms with E-state index in [0.717, 1.165) is 24.2 Å². The molecular weight excluding hydrogens is 228 g/mol. The molecule has 0 unspecified atom stereocenters. The van der Waals surface area contributed by atoms with Crippen molar-refractivity contribution in [1.29, 1.82) is 0 Å². The average molecular weight is 248 g/mol. The fraction of sp³-hybridized carbons (Fsp3) is 0.533. The summed E-state index contributed by atoms with van der Waals surface area (Å²) in [7, 11) is 1.68. The zero-order chi connectivity index (χ0) is 13.1. The molecule has 2 rings (SSSR count). The van der Waals surface area contributed by atoms with Crippen LogP contribution in [0.25, 0.3) is 0 Å². The highest BCUT2D eigenvalue weighted by molar-refractivity contribution is 5.74. The van der Waals surface area contributed by atoms with Gasteiger partial charge in [-0.15, -0.1) is 0 Å². The molecule has 1 aromatic carbocycles. The number of rotatable bonds is 4. The molecule has 0 bridgehead atoms. The SMILES string of the molecule is CCOC(=O)Cc1cc(C)c2c(c1OC)CCC2. The van der Waals surface area contributed by atoms with E-state index in [1.165, 1.54) is 23.1 Å². The average Bonchev–Trinajstić information content (AvgIpc) is 2.79. The van der Waals surface area contributed by atoms with Gasteiger partial charge in [-0.1, -0.05) is 6.07 Å². The van der Waals surface area contributed by atoms with Crippen molar-refractivity contribution < 1.29 is 14.3 Å². The van der Waals surface area contributed by atoms with Gasteiger partial charge in [-0.25, -0.2) is 0 Å². The van der Waals surface area contributed by atoms with Crippen molar-refractivity contribution in [2.45, 2.75) is 39.5 Å². The maximum absolute atomic E-state index is 11.6. The van der Waals surface area contributed by atoms with E-state index in [-0.39, 0.29) is 5.97 Å². The molecule has 98 valence electrons. The quantitative estimate of drug-likeness (QED) is 0.768. The van der Waals surface area contributed by atoms with Crippen molar-refractivity contribution in [3.63, 3.8) is 0 Å². The van der Waals surface area contributed by atoms with Crippen LogP contribution in [0, 0.1) is 6.92 Å². The second kappa shape index (κ2) is 5.42. The summed E-state index contributed by atoms with van der Waals surface area (Å²) >= 11 is 0. The van der Waals surface area contributed by atoms with E-state index in [4.69, 9.17) is 9.47 Å². The van der Waals surface area contributed by atoms with Crippen LogP contribution in [0.15, 0.2) is 6.07 Å². The molecule has 0 heterocycles. The Morgan fingerprint density at radius 1 is 1.33 bits per heavy atom. The molecule has 0 radical (unpaired) electrons. The monoisotopic (exact) mass is 248 g/mol. The van der Waals surface area contributed by atoms with Gasteiger partial charge in [0.05, 0.1) is 20.1 Å². The number of carbonyl (C=O) groups is 1. The Labute approximate surface area is 108 Å². The Bertz CT molecular complexity index is 463. The summed E-state index contributed by atoms with van der Waals surface area (Å²) in [6.07, 6.45) is 3.65. The van der Waals surface area contributed by atoms with Crippen LogP contribution in [-0.4, -0.2) is 19.7 Å². The summed E-state index contributed by atoms with van der Waals surface area (Å²) in [5, 5.41) is 0. The lowest BCUT2D eigenvalue weighted by Crippen LogP contribution is -2.10. The van der Waals surface area contributed by atoms with Gasteiger partial charge in [0.25, 0.3) is 0 Å². The number of benzene rings is 1. The number of hydrogen-bond donors (Lipinski definition) is 0. The van der Waals surface area contributed by atoms with Crippen molar-refractivity contribution in [2.24, 2.45) is 0 Å². The van der Waals surface area contributed by atoms with Crippen LogP contribution in [-0.2, 0) is 28.8 Å². The second-order valence-corrected chi connectivity index (χ2v) is 4.68. The number of ether oxygens (including phenoxy) is 2. The van der Waals surface area contributed by atoms with Crippen LogP contribution in [0.2, 0.25) is 0 Å². The lowest BCUT2D eigenvalue weighted by atomic mass is 9.97. The van der Waals surface area contributed by atoms with Gasteiger partial charge in [0, 0.05) is 5.56 Å². The van der Waals surface area contributed by atoms with Crippen molar-refractivity contribution in [2.75, 3.05) is 13.7 Å². The van der Waals surface area contributed by atoms with Crippen molar-refractivity contribution in [3.8, 4) is 5.75 Å². The topological polar surface area (TPSA) is 35.5 Å². The first-order chi connectivity index (χ1) is 8.67. The molecule has 18 heavy (non-hydrogen) atoms.